The molecular formula is C15H28N2O2. The van der Waals surface area contributed by atoms with E-state index >= 15 is 0 Å². The Morgan fingerprint density at radius 3 is 2.26 bits per heavy atom. The second kappa shape index (κ2) is 5.93. The van der Waals surface area contributed by atoms with Crippen molar-refractivity contribution < 1.29 is 9.59 Å². The fourth-order valence-corrected chi connectivity index (χ4v) is 2.75. The van der Waals surface area contributed by atoms with Gasteiger partial charge in [-0.1, -0.05) is 41.5 Å². The smallest absolute Gasteiger partial charge is 0.245 e. The summed E-state index contributed by atoms with van der Waals surface area (Å²) in [6.45, 7) is 12.9. The maximum absolute atomic E-state index is 12.6. The lowest BCUT2D eigenvalue weighted by atomic mass is 9.82. The van der Waals surface area contributed by atoms with Crippen LogP contribution >= 0.6 is 0 Å². The molecule has 2 atom stereocenters. The summed E-state index contributed by atoms with van der Waals surface area (Å²) in [5, 5.41) is 2.91. The van der Waals surface area contributed by atoms with Crippen LogP contribution in [0, 0.1) is 11.3 Å². The highest BCUT2D eigenvalue weighted by Crippen LogP contribution is 2.29. The Hall–Kier alpha value is -1.06. The van der Waals surface area contributed by atoms with Gasteiger partial charge < -0.3 is 10.2 Å². The van der Waals surface area contributed by atoms with Gasteiger partial charge in [-0.2, -0.15) is 0 Å². The first-order valence-electron chi connectivity index (χ1n) is 7.29. The molecule has 1 aliphatic heterocycles. The van der Waals surface area contributed by atoms with Crippen LogP contribution < -0.4 is 5.32 Å². The summed E-state index contributed by atoms with van der Waals surface area (Å²) in [7, 11) is 0. The van der Waals surface area contributed by atoms with E-state index in [1.807, 2.05) is 27.7 Å². The molecule has 0 saturated carbocycles. The fraction of sp³-hybridized carbons (Fsp3) is 0.867. The van der Waals surface area contributed by atoms with Gasteiger partial charge >= 0.3 is 0 Å². The van der Waals surface area contributed by atoms with E-state index in [0.29, 0.717) is 18.9 Å². The quantitative estimate of drug-likeness (QED) is 0.849. The molecule has 0 bridgehead atoms. The molecule has 1 rings (SSSR count). The summed E-state index contributed by atoms with van der Waals surface area (Å²) in [5.41, 5.74) is -0.238. The number of carbonyl (C=O) groups is 2. The SMILES string of the molecule is CCCN1C(=O)C(CC(C)C)NC(=O)C1C(C)(C)C. The second-order valence-corrected chi connectivity index (χ2v) is 6.99. The number of hydrogen-bond acceptors (Lipinski definition) is 2. The van der Waals surface area contributed by atoms with Gasteiger partial charge in [0, 0.05) is 6.54 Å². The van der Waals surface area contributed by atoms with E-state index in [4.69, 9.17) is 0 Å². The van der Waals surface area contributed by atoms with Gasteiger partial charge in [-0.05, 0) is 24.2 Å². The van der Waals surface area contributed by atoms with Crippen LogP contribution in [-0.4, -0.2) is 35.3 Å². The lowest BCUT2D eigenvalue weighted by Crippen LogP contribution is -2.66. The van der Waals surface area contributed by atoms with E-state index in [9.17, 15) is 9.59 Å². The van der Waals surface area contributed by atoms with Gasteiger partial charge in [-0.25, -0.2) is 0 Å². The van der Waals surface area contributed by atoms with Crippen molar-refractivity contribution in [3.05, 3.63) is 0 Å². The van der Waals surface area contributed by atoms with Crippen LogP contribution in [0.1, 0.15) is 54.4 Å². The standard InChI is InChI=1S/C15H28N2O2/c1-7-8-17-12(15(4,5)6)13(18)16-11(14(17)19)9-10(2)3/h10-12H,7-9H2,1-6H3,(H,16,18). The van der Waals surface area contributed by atoms with Crippen molar-refractivity contribution in [1.29, 1.82) is 0 Å². The first-order chi connectivity index (χ1) is 8.68. The Morgan fingerprint density at radius 1 is 1.26 bits per heavy atom. The van der Waals surface area contributed by atoms with Crippen LogP contribution in [0.15, 0.2) is 0 Å². The Morgan fingerprint density at radius 2 is 1.84 bits per heavy atom. The zero-order valence-corrected chi connectivity index (χ0v) is 13.1. The van der Waals surface area contributed by atoms with Crippen molar-refractivity contribution >= 4 is 11.8 Å². The van der Waals surface area contributed by atoms with Crippen LogP contribution in [0.4, 0.5) is 0 Å². The first kappa shape index (κ1) is 16.0. The molecule has 110 valence electrons. The van der Waals surface area contributed by atoms with Gasteiger partial charge in [0.25, 0.3) is 0 Å². The minimum Gasteiger partial charge on any atom is -0.342 e. The molecule has 2 unspecified atom stereocenters. The second-order valence-electron chi connectivity index (χ2n) is 6.99. The molecule has 0 aromatic rings. The number of carbonyl (C=O) groups excluding carboxylic acids is 2. The molecule has 0 aliphatic carbocycles. The fourth-order valence-electron chi connectivity index (χ4n) is 2.75. The van der Waals surface area contributed by atoms with Crippen molar-refractivity contribution in [3.63, 3.8) is 0 Å². The highest BCUT2D eigenvalue weighted by molar-refractivity contribution is 5.97. The van der Waals surface area contributed by atoms with Gasteiger partial charge in [0.15, 0.2) is 0 Å². The summed E-state index contributed by atoms with van der Waals surface area (Å²) in [5.74, 6) is 0.463. The van der Waals surface area contributed by atoms with Gasteiger partial charge in [-0.15, -0.1) is 0 Å². The van der Waals surface area contributed by atoms with E-state index in [2.05, 4.69) is 19.2 Å². The van der Waals surface area contributed by atoms with Crippen LogP contribution in [0.3, 0.4) is 0 Å². The van der Waals surface area contributed by atoms with E-state index < -0.39 is 0 Å². The number of piperazine rings is 1. The normalized spacial score (nSPS) is 24.9. The minimum absolute atomic E-state index is 0.00815. The van der Waals surface area contributed by atoms with Crippen LogP contribution in [0.2, 0.25) is 0 Å². The minimum atomic E-state index is -0.358. The molecule has 4 heteroatoms. The largest absolute Gasteiger partial charge is 0.342 e. The lowest BCUT2D eigenvalue weighted by molar-refractivity contribution is -0.154. The molecule has 1 saturated heterocycles. The monoisotopic (exact) mass is 268 g/mol. The molecule has 1 fully saturated rings. The summed E-state index contributed by atoms with van der Waals surface area (Å²) in [6, 6.07) is -0.707. The zero-order valence-electron chi connectivity index (χ0n) is 13.1. The van der Waals surface area contributed by atoms with E-state index in [1.54, 1.807) is 4.90 Å². The van der Waals surface area contributed by atoms with Crippen LogP contribution in [0.25, 0.3) is 0 Å². The molecule has 1 N–H and O–H groups in total. The molecule has 1 heterocycles. The highest BCUT2D eigenvalue weighted by Gasteiger charge is 2.45. The van der Waals surface area contributed by atoms with Gasteiger partial charge in [0.1, 0.15) is 12.1 Å². The Balaban J connectivity index is 2.99. The Bertz CT molecular complexity index is 345. The van der Waals surface area contributed by atoms with Crippen LogP contribution in [0.5, 0.6) is 0 Å². The van der Waals surface area contributed by atoms with Crippen molar-refractivity contribution in [2.75, 3.05) is 6.54 Å². The van der Waals surface area contributed by atoms with E-state index in [1.165, 1.54) is 0 Å². The topological polar surface area (TPSA) is 49.4 Å². The molecule has 4 nitrogen and oxygen atoms in total. The molecular weight excluding hydrogens is 240 g/mol. The number of rotatable bonds is 4. The van der Waals surface area contributed by atoms with Gasteiger partial charge in [0.2, 0.25) is 11.8 Å². The summed E-state index contributed by atoms with van der Waals surface area (Å²) in [6.07, 6.45) is 1.58. The Kier molecular flexibility index (Phi) is 4.99. The third kappa shape index (κ3) is 3.71. The van der Waals surface area contributed by atoms with Gasteiger partial charge in [0.05, 0.1) is 0 Å². The van der Waals surface area contributed by atoms with Crippen molar-refractivity contribution in [3.8, 4) is 0 Å². The average molecular weight is 268 g/mol. The predicted molar refractivity (Wildman–Crippen MR) is 76.6 cm³/mol. The van der Waals surface area contributed by atoms with Crippen LogP contribution in [-0.2, 0) is 9.59 Å². The van der Waals surface area contributed by atoms with E-state index in [-0.39, 0.29) is 29.3 Å². The molecule has 19 heavy (non-hydrogen) atoms. The van der Waals surface area contributed by atoms with Crippen molar-refractivity contribution in [2.24, 2.45) is 11.3 Å². The molecule has 0 aromatic carbocycles. The maximum atomic E-state index is 12.6. The van der Waals surface area contributed by atoms with E-state index in [0.717, 1.165) is 6.42 Å². The number of nitrogens with one attached hydrogen (secondary N) is 1. The molecule has 0 radical (unpaired) electrons. The summed E-state index contributed by atoms with van der Waals surface area (Å²) < 4.78 is 0. The third-order valence-electron chi connectivity index (χ3n) is 3.45. The number of nitrogens with zero attached hydrogens (tertiary/aromatic N) is 1. The third-order valence-corrected chi connectivity index (χ3v) is 3.45. The van der Waals surface area contributed by atoms with Crippen molar-refractivity contribution in [2.45, 2.75) is 66.5 Å². The lowest BCUT2D eigenvalue weighted by Gasteiger charge is -2.45. The maximum Gasteiger partial charge on any atom is 0.245 e. The molecule has 1 aliphatic rings. The summed E-state index contributed by atoms with van der Waals surface area (Å²) in [4.78, 5) is 26.7. The summed E-state index contributed by atoms with van der Waals surface area (Å²) >= 11 is 0. The molecule has 2 amide bonds. The molecule has 0 spiro atoms. The van der Waals surface area contributed by atoms with Gasteiger partial charge in [-0.3, -0.25) is 9.59 Å². The zero-order chi connectivity index (χ0) is 14.8. The van der Waals surface area contributed by atoms with Crippen molar-refractivity contribution in [1.82, 2.24) is 10.2 Å². The predicted octanol–water partition coefficient (Wildman–Crippen LogP) is 2.18. The Labute approximate surface area is 116 Å². The highest BCUT2D eigenvalue weighted by atomic mass is 16.2. The molecule has 0 aromatic heterocycles. The number of amides is 2. The number of hydrogen-bond donors (Lipinski definition) is 1. The average Bonchev–Trinajstić information content (AvgIpc) is 2.22. The first-order valence-corrected chi connectivity index (χ1v) is 7.29.